The third kappa shape index (κ3) is 7.57. The van der Waals surface area contributed by atoms with Crippen molar-refractivity contribution in [3.63, 3.8) is 0 Å². The van der Waals surface area contributed by atoms with Crippen LogP contribution in [0.1, 0.15) is 27.5 Å². The predicted octanol–water partition coefficient (Wildman–Crippen LogP) is 3.75. The second-order valence-corrected chi connectivity index (χ2v) is 9.87. The van der Waals surface area contributed by atoms with E-state index < -0.39 is 29.9 Å². The Morgan fingerprint density at radius 3 is 2.40 bits per heavy atom. The first kappa shape index (κ1) is 30.8. The Bertz CT molecular complexity index is 1470. The highest BCUT2D eigenvalue weighted by Gasteiger charge is 2.38. The van der Waals surface area contributed by atoms with Gasteiger partial charge in [-0.15, -0.1) is 0 Å². The van der Waals surface area contributed by atoms with Crippen LogP contribution in [0.3, 0.4) is 0 Å². The fraction of sp³-hybridized carbons (Fsp3) is 0.269. The maximum absolute atomic E-state index is 13.7. The molecule has 3 aromatic rings. The van der Waals surface area contributed by atoms with Crippen LogP contribution in [0.2, 0.25) is 0 Å². The van der Waals surface area contributed by atoms with Gasteiger partial charge in [-0.25, -0.2) is 23.8 Å². The number of carboxylic acid groups (broad SMARTS) is 1. The van der Waals surface area contributed by atoms with Crippen LogP contribution in [0.15, 0.2) is 64.5 Å². The van der Waals surface area contributed by atoms with Crippen molar-refractivity contribution in [3.05, 3.63) is 82.0 Å². The van der Waals surface area contributed by atoms with Gasteiger partial charge in [-0.3, -0.25) is 24.8 Å². The van der Waals surface area contributed by atoms with Crippen LogP contribution >= 0.6 is 15.9 Å². The molecule has 1 fully saturated rings. The third-order valence-electron chi connectivity index (χ3n) is 6.15. The van der Waals surface area contributed by atoms with Gasteiger partial charge in [0, 0.05) is 25.2 Å². The molecule has 0 saturated carbocycles. The number of nitrogens with one attached hydrogen (secondary N) is 1. The first-order valence-corrected chi connectivity index (χ1v) is 13.1. The number of anilines is 1. The van der Waals surface area contributed by atoms with Crippen molar-refractivity contribution in [3.8, 4) is 0 Å². The maximum atomic E-state index is 13.7. The van der Waals surface area contributed by atoms with Gasteiger partial charge in [-0.05, 0) is 51.3 Å². The van der Waals surface area contributed by atoms with Crippen molar-refractivity contribution < 1.29 is 41.8 Å². The number of aliphatic imine (C=N–C) groups is 1. The zero-order valence-electron chi connectivity index (χ0n) is 21.6. The summed E-state index contributed by atoms with van der Waals surface area (Å²) in [6.45, 7) is 4.06. The molecule has 1 unspecified atom stereocenters. The first-order valence-electron chi connectivity index (χ1n) is 12.3. The van der Waals surface area contributed by atoms with Crippen LogP contribution in [0.5, 0.6) is 0 Å². The number of imidazole rings is 1. The summed E-state index contributed by atoms with van der Waals surface area (Å²) in [7, 11) is 0. The number of morpholine rings is 1. The van der Waals surface area contributed by atoms with Gasteiger partial charge in [-0.1, -0.05) is 18.2 Å². The second-order valence-electron chi connectivity index (χ2n) is 9.02. The lowest BCUT2D eigenvalue weighted by Crippen LogP contribution is -2.35. The lowest BCUT2D eigenvalue weighted by Gasteiger charge is -2.26. The Morgan fingerprint density at radius 2 is 1.79 bits per heavy atom. The number of carboxylic acids is 1. The molecule has 1 atom stereocenters. The minimum atomic E-state index is -5.08. The average Bonchev–Trinajstić information content (AvgIpc) is 3.57. The van der Waals surface area contributed by atoms with E-state index in [0.717, 1.165) is 38.4 Å². The maximum Gasteiger partial charge on any atom is 0.490 e. The number of nitrogens with zero attached hydrogens (tertiary/aromatic N) is 5. The van der Waals surface area contributed by atoms with Gasteiger partial charge in [0.25, 0.3) is 11.8 Å². The molecule has 0 aliphatic carbocycles. The Hall–Kier alpha value is -4.15. The van der Waals surface area contributed by atoms with E-state index in [1.165, 1.54) is 41.7 Å². The molecule has 2 aromatic carbocycles. The summed E-state index contributed by atoms with van der Waals surface area (Å²) in [6, 6.07) is 11.0. The molecule has 2 aliphatic heterocycles. The minimum Gasteiger partial charge on any atom is -0.475 e. The largest absolute Gasteiger partial charge is 0.490 e. The minimum absolute atomic E-state index is 0.244. The average molecular weight is 655 g/mol. The lowest BCUT2D eigenvalue weighted by atomic mass is 10.1. The molecule has 222 valence electrons. The Kier molecular flexibility index (Phi) is 9.70. The van der Waals surface area contributed by atoms with Crippen molar-refractivity contribution in [1.29, 1.82) is 0 Å². The van der Waals surface area contributed by atoms with Crippen LogP contribution in [-0.4, -0.2) is 76.3 Å². The summed E-state index contributed by atoms with van der Waals surface area (Å²) >= 11 is 3.16. The van der Waals surface area contributed by atoms with E-state index in [1.54, 1.807) is 17.0 Å². The predicted molar refractivity (Wildman–Crippen MR) is 145 cm³/mol. The number of rotatable bonds is 6. The number of aromatic nitrogens is 2. The van der Waals surface area contributed by atoms with E-state index in [2.05, 4.69) is 36.2 Å². The van der Waals surface area contributed by atoms with E-state index in [4.69, 9.17) is 14.6 Å². The number of carbonyl (C=O) groups is 3. The summed E-state index contributed by atoms with van der Waals surface area (Å²) in [4.78, 5) is 46.3. The first-order chi connectivity index (χ1) is 19.9. The summed E-state index contributed by atoms with van der Waals surface area (Å²) in [6.07, 6.45) is -0.749. The van der Waals surface area contributed by atoms with Crippen LogP contribution in [0.4, 0.5) is 23.4 Å². The van der Waals surface area contributed by atoms with Gasteiger partial charge < -0.3 is 9.84 Å². The molecule has 2 amide bonds. The number of carbonyl (C=O) groups excluding carboxylic acids is 2. The molecule has 0 bridgehead atoms. The molecule has 3 heterocycles. The van der Waals surface area contributed by atoms with Crippen molar-refractivity contribution >= 4 is 45.9 Å². The number of hydrogen-bond acceptors (Lipinski definition) is 7. The second kappa shape index (κ2) is 13.2. The highest BCUT2D eigenvalue weighted by molar-refractivity contribution is 9.10. The van der Waals surface area contributed by atoms with Gasteiger partial charge >= 0.3 is 12.1 Å². The number of ether oxygens (including phenoxy) is 1. The number of halogens is 5. The van der Waals surface area contributed by atoms with Crippen molar-refractivity contribution in [2.24, 2.45) is 4.99 Å². The molecule has 2 N–H and O–H groups in total. The van der Waals surface area contributed by atoms with Crippen molar-refractivity contribution in [2.45, 2.75) is 18.8 Å². The molecule has 0 radical (unpaired) electrons. The van der Waals surface area contributed by atoms with E-state index >= 15 is 0 Å². The fourth-order valence-electron chi connectivity index (χ4n) is 4.07. The molecule has 11 nitrogen and oxygen atoms in total. The van der Waals surface area contributed by atoms with Crippen LogP contribution < -0.4 is 10.3 Å². The molecular formula is C26H23BrF4N6O5. The summed E-state index contributed by atoms with van der Waals surface area (Å²) < 4.78 is 52.5. The molecule has 16 heteroatoms. The lowest BCUT2D eigenvalue weighted by molar-refractivity contribution is -0.192. The van der Waals surface area contributed by atoms with Gasteiger partial charge in [0.05, 0.1) is 23.9 Å². The van der Waals surface area contributed by atoms with Crippen LogP contribution in [0, 0.1) is 5.82 Å². The Morgan fingerprint density at radius 1 is 1.12 bits per heavy atom. The van der Waals surface area contributed by atoms with Gasteiger partial charge in [0.1, 0.15) is 24.5 Å². The number of benzene rings is 2. The van der Waals surface area contributed by atoms with Crippen LogP contribution in [-0.2, 0) is 20.9 Å². The molecule has 2 aliphatic rings. The van der Waals surface area contributed by atoms with Gasteiger partial charge in [0.2, 0.25) is 0 Å². The molecule has 0 spiro atoms. The number of alkyl halides is 3. The zero-order chi connectivity index (χ0) is 30.4. The van der Waals surface area contributed by atoms with E-state index in [9.17, 15) is 27.2 Å². The fourth-order valence-corrected chi connectivity index (χ4v) is 4.47. The number of aliphatic carboxylic acids is 1. The Labute approximate surface area is 244 Å². The molecule has 1 saturated heterocycles. The molecule has 5 rings (SSSR count). The number of amides is 2. The standard InChI is InChI=1S/C24H22BrFN6O3.C2HF3O2/c25-19-11-18(5-6-20(19)26)22-24(34)28-15-31(22)21-12-27-14-32(21)29-23(33)17-3-1-16(2-4-17)13-30-7-9-35-10-8-30;3-2(4,5)1(6)7/h1-6,11-12,14-15,22H,7-10,13H2,(H,29,33);(H,6,7). The van der Waals surface area contributed by atoms with Gasteiger partial charge in [0.15, 0.2) is 5.82 Å². The smallest absolute Gasteiger partial charge is 0.475 e. The van der Waals surface area contributed by atoms with E-state index in [1.807, 2.05) is 12.1 Å². The highest BCUT2D eigenvalue weighted by Crippen LogP contribution is 2.32. The SMILES string of the molecule is O=C(Nn1cncc1N1C=NC(=O)C1c1ccc(F)c(Br)c1)c1ccc(CN2CCOCC2)cc1.O=C(O)C(F)(F)F. The van der Waals surface area contributed by atoms with Crippen LogP contribution in [0.25, 0.3) is 0 Å². The molecule has 1 aromatic heterocycles. The topological polar surface area (TPSA) is 129 Å². The van der Waals surface area contributed by atoms with Crippen molar-refractivity contribution in [2.75, 3.05) is 36.6 Å². The summed E-state index contributed by atoms with van der Waals surface area (Å²) in [5, 5.41) is 7.12. The highest BCUT2D eigenvalue weighted by atomic mass is 79.9. The summed E-state index contributed by atoms with van der Waals surface area (Å²) in [5.41, 5.74) is 4.95. The van der Waals surface area contributed by atoms with E-state index in [-0.39, 0.29) is 10.4 Å². The molecular weight excluding hydrogens is 632 g/mol. The van der Waals surface area contributed by atoms with Gasteiger partial charge in [-0.2, -0.15) is 13.2 Å². The van der Waals surface area contributed by atoms with E-state index in [0.29, 0.717) is 16.9 Å². The Balaban J connectivity index is 0.000000517. The molecule has 42 heavy (non-hydrogen) atoms. The monoisotopic (exact) mass is 654 g/mol. The third-order valence-corrected chi connectivity index (χ3v) is 6.76. The van der Waals surface area contributed by atoms with Crippen molar-refractivity contribution in [1.82, 2.24) is 14.6 Å². The summed E-state index contributed by atoms with van der Waals surface area (Å²) in [5.74, 6) is -3.49. The zero-order valence-corrected chi connectivity index (χ0v) is 23.2. The number of hydrogen-bond donors (Lipinski definition) is 2. The normalized spacial score (nSPS) is 17.1. The quantitative estimate of drug-likeness (QED) is 0.385.